The average Bonchev–Trinajstić information content (AvgIpc) is 2.96. The number of aromatic nitrogens is 1. The first-order chi connectivity index (χ1) is 14.1. The molecule has 1 aliphatic heterocycles. The quantitative estimate of drug-likeness (QED) is 0.467. The zero-order valence-electron chi connectivity index (χ0n) is 19.9. The molecule has 0 aromatic carbocycles. The van der Waals surface area contributed by atoms with Gasteiger partial charge in [-0.3, -0.25) is 4.98 Å². The fourth-order valence-electron chi connectivity index (χ4n) is 4.26. The molecule has 2 N–H and O–H groups in total. The monoisotopic (exact) mass is 471 g/mol. The number of nitrogens with one attached hydrogen (secondary N) is 1. The molecule has 1 aliphatic rings. The van der Waals surface area contributed by atoms with Gasteiger partial charge in [-0.25, -0.2) is 4.79 Å². The first kappa shape index (κ1) is 26.2. The molecule has 1 fully saturated rings. The van der Waals surface area contributed by atoms with E-state index < -0.39 is 17.5 Å². The van der Waals surface area contributed by atoms with Crippen LogP contribution >= 0.6 is 11.6 Å². The molecule has 2 heterocycles. The summed E-state index contributed by atoms with van der Waals surface area (Å²) in [5.41, 5.74) is 0.449. The number of likely N-dealkylation sites (tertiary alicyclic amines) is 1. The van der Waals surface area contributed by atoms with Crippen LogP contribution in [-0.4, -0.2) is 42.5 Å². The Morgan fingerprint density at radius 1 is 1.42 bits per heavy atom. The maximum Gasteiger partial charge on any atom is 0.407 e. The molecule has 0 spiro atoms. The lowest BCUT2D eigenvalue weighted by atomic mass is 9.72. The first-order valence-corrected chi connectivity index (χ1v) is 12.5. The smallest absolute Gasteiger partial charge is 0.407 e. The van der Waals surface area contributed by atoms with Crippen molar-refractivity contribution >= 4 is 29.1 Å². The number of hydrogen-bond acceptors (Lipinski definition) is 4. The van der Waals surface area contributed by atoms with Gasteiger partial charge in [0.05, 0.1) is 11.7 Å². The summed E-state index contributed by atoms with van der Waals surface area (Å²) in [5, 5.41) is 10.2. The van der Waals surface area contributed by atoms with Crippen LogP contribution in [0.15, 0.2) is 18.3 Å². The molecule has 1 aromatic rings. The van der Waals surface area contributed by atoms with Crippen molar-refractivity contribution in [3.05, 3.63) is 29.0 Å². The number of amides is 1. The molecule has 0 bridgehead atoms. The Labute approximate surface area is 195 Å². The highest BCUT2D eigenvalue weighted by Crippen LogP contribution is 2.45. The molecule has 1 aromatic heterocycles. The Kier molecular flexibility index (Phi) is 8.34. The molecule has 0 radical (unpaired) electrons. The minimum Gasteiger partial charge on any atom is -0.598 e. The number of pyridine rings is 1. The maximum atomic E-state index is 12.8. The normalized spacial score (nSPS) is 21.2. The van der Waals surface area contributed by atoms with Crippen molar-refractivity contribution in [3.63, 3.8) is 0 Å². The number of halogens is 1. The van der Waals surface area contributed by atoms with Gasteiger partial charge < -0.3 is 14.6 Å². The summed E-state index contributed by atoms with van der Waals surface area (Å²) < 4.78 is 15.6. The largest absolute Gasteiger partial charge is 0.598 e. The predicted octanol–water partition coefficient (Wildman–Crippen LogP) is 5.80. The second kappa shape index (κ2) is 9.86. The van der Waals surface area contributed by atoms with Crippen molar-refractivity contribution in [1.29, 1.82) is 0 Å². The van der Waals surface area contributed by atoms with Crippen molar-refractivity contribution in [1.82, 2.24) is 14.6 Å². The van der Waals surface area contributed by atoms with Crippen molar-refractivity contribution in [2.24, 2.45) is 11.3 Å². The Morgan fingerprint density at radius 2 is 2.06 bits per heavy atom. The second-order valence-electron chi connectivity index (χ2n) is 10.9. The molecule has 31 heavy (non-hydrogen) atoms. The van der Waals surface area contributed by atoms with Crippen LogP contribution in [0.5, 0.6) is 0 Å². The first-order valence-electron chi connectivity index (χ1n) is 10.9. The van der Waals surface area contributed by atoms with E-state index in [1.807, 2.05) is 40.7 Å². The minimum absolute atomic E-state index is 0.00302. The molecule has 0 aliphatic carbocycles. The van der Waals surface area contributed by atoms with Gasteiger partial charge in [0.25, 0.3) is 0 Å². The van der Waals surface area contributed by atoms with E-state index in [0.717, 1.165) is 31.4 Å². The van der Waals surface area contributed by atoms with Crippen molar-refractivity contribution < 1.29 is 14.5 Å². The summed E-state index contributed by atoms with van der Waals surface area (Å²) in [6.07, 6.45) is 4.32. The Morgan fingerprint density at radius 3 is 2.58 bits per heavy atom. The van der Waals surface area contributed by atoms with Crippen LogP contribution in [0.3, 0.4) is 0 Å². The fraction of sp³-hybridized carbons (Fsp3) is 0.739. The number of hydrogen-bond donors (Lipinski definition) is 2. The van der Waals surface area contributed by atoms with Crippen LogP contribution < -0.4 is 4.72 Å². The van der Waals surface area contributed by atoms with Crippen LogP contribution in [0.1, 0.15) is 85.9 Å². The summed E-state index contributed by atoms with van der Waals surface area (Å²) in [6, 6.07) is 3.40. The lowest BCUT2D eigenvalue weighted by Gasteiger charge is -2.33. The summed E-state index contributed by atoms with van der Waals surface area (Å²) in [4.78, 5) is 17.7. The molecular formula is C23H38ClN3O3S. The van der Waals surface area contributed by atoms with E-state index in [0.29, 0.717) is 17.5 Å². The third-order valence-electron chi connectivity index (χ3n) is 6.44. The van der Waals surface area contributed by atoms with Gasteiger partial charge in [-0.2, -0.15) is 0 Å². The van der Waals surface area contributed by atoms with Gasteiger partial charge in [0.1, 0.15) is 4.75 Å². The summed E-state index contributed by atoms with van der Waals surface area (Å²) >= 11 is 4.95. The van der Waals surface area contributed by atoms with Gasteiger partial charge in [0.2, 0.25) is 0 Å². The molecule has 3 atom stereocenters. The SMILES string of the molecule is CC(C)(CCCC(N[S+]([O-])C(C)(C)C)c1cc(Cl)ccn1)[C@H]1CN(C(=O)O)C(C)(C)C1. The van der Waals surface area contributed by atoms with Crippen LogP contribution in [0.4, 0.5) is 4.79 Å². The molecule has 176 valence electrons. The van der Waals surface area contributed by atoms with Gasteiger partial charge in [-0.1, -0.05) is 31.9 Å². The van der Waals surface area contributed by atoms with Gasteiger partial charge >= 0.3 is 6.09 Å². The highest BCUT2D eigenvalue weighted by Gasteiger charge is 2.46. The van der Waals surface area contributed by atoms with Gasteiger partial charge in [-0.05, 0) is 77.3 Å². The van der Waals surface area contributed by atoms with E-state index in [9.17, 15) is 14.5 Å². The lowest BCUT2D eigenvalue weighted by molar-refractivity contribution is 0.115. The summed E-state index contributed by atoms with van der Waals surface area (Å²) in [6.45, 7) is 14.9. The molecule has 6 nitrogen and oxygen atoms in total. The van der Waals surface area contributed by atoms with E-state index in [2.05, 4.69) is 23.6 Å². The van der Waals surface area contributed by atoms with Crippen molar-refractivity contribution in [2.45, 2.75) is 90.5 Å². The molecule has 8 heteroatoms. The standard InChI is InChI=1S/C23H38ClN3O3S/c1-21(2,3)31(30)26-18(19-13-17(24)10-12-25-19)9-8-11-22(4,5)16-14-23(6,7)27(15-16)20(28)29/h10,12-13,16,18,26H,8-9,11,14-15H2,1-7H3,(H,28,29)/t16-,18?,31?/m1/s1. The van der Waals surface area contributed by atoms with E-state index >= 15 is 0 Å². The lowest BCUT2D eigenvalue weighted by Crippen LogP contribution is -2.41. The van der Waals surface area contributed by atoms with Crippen molar-refractivity contribution in [3.8, 4) is 0 Å². The Bertz CT molecular complexity index is 767. The van der Waals surface area contributed by atoms with Crippen LogP contribution in [0, 0.1) is 11.3 Å². The number of rotatable bonds is 8. The number of nitrogens with zero attached hydrogens (tertiary/aromatic N) is 2. The Hall–Kier alpha value is -1.02. The fourth-order valence-corrected chi connectivity index (χ4v) is 5.28. The van der Waals surface area contributed by atoms with E-state index in [1.165, 1.54) is 0 Å². The number of carboxylic acid groups (broad SMARTS) is 1. The van der Waals surface area contributed by atoms with Crippen LogP contribution in [0.2, 0.25) is 5.02 Å². The highest BCUT2D eigenvalue weighted by atomic mass is 35.5. The predicted molar refractivity (Wildman–Crippen MR) is 128 cm³/mol. The maximum absolute atomic E-state index is 12.8. The summed E-state index contributed by atoms with van der Waals surface area (Å²) in [5.74, 6) is 0.304. The number of carbonyl (C=O) groups is 1. The Balaban J connectivity index is 2.06. The molecule has 2 unspecified atom stereocenters. The van der Waals surface area contributed by atoms with Crippen molar-refractivity contribution in [2.75, 3.05) is 6.54 Å². The highest BCUT2D eigenvalue weighted by molar-refractivity contribution is 7.90. The minimum atomic E-state index is -1.23. The van der Waals surface area contributed by atoms with E-state index in [4.69, 9.17) is 11.6 Å². The zero-order valence-corrected chi connectivity index (χ0v) is 21.4. The third kappa shape index (κ3) is 6.98. The zero-order chi connectivity index (χ0) is 23.6. The van der Waals surface area contributed by atoms with Gasteiger partial charge in [0, 0.05) is 34.7 Å². The van der Waals surface area contributed by atoms with E-state index in [1.54, 1.807) is 17.2 Å². The average molecular weight is 472 g/mol. The van der Waals surface area contributed by atoms with Crippen LogP contribution in [0.25, 0.3) is 0 Å². The molecule has 1 amide bonds. The summed E-state index contributed by atoms with van der Waals surface area (Å²) in [7, 11) is 0. The third-order valence-corrected chi connectivity index (χ3v) is 8.28. The van der Waals surface area contributed by atoms with Gasteiger partial charge in [0.15, 0.2) is 0 Å². The van der Waals surface area contributed by atoms with Crippen LogP contribution in [-0.2, 0) is 11.4 Å². The molecule has 2 rings (SSSR count). The topological polar surface area (TPSA) is 88.5 Å². The second-order valence-corrected chi connectivity index (χ2v) is 13.4. The molecular weight excluding hydrogens is 434 g/mol. The molecule has 0 saturated carbocycles. The van der Waals surface area contributed by atoms with Gasteiger partial charge in [-0.15, -0.1) is 4.72 Å². The molecule has 1 saturated heterocycles. The van der Waals surface area contributed by atoms with E-state index in [-0.39, 0.29) is 21.7 Å².